The molecule has 1 aliphatic heterocycles. The number of rotatable bonds is 6. The lowest BCUT2D eigenvalue weighted by Gasteiger charge is -2.30. The van der Waals surface area contributed by atoms with E-state index >= 15 is 0 Å². The van der Waals surface area contributed by atoms with Crippen LogP contribution in [-0.2, 0) is 4.74 Å². The third kappa shape index (κ3) is 4.44. The standard InChI is InChI=1S/C16H24N2O3/c1-2-20-11-12-21-15-6-4-3-5-14(15)16(19)18-9-7-13(17)8-10-18/h3-6,13H,2,7-12,17H2,1H3. The number of piperidine rings is 1. The summed E-state index contributed by atoms with van der Waals surface area (Å²) in [6, 6.07) is 7.59. The molecule has 1 aliphatic rings. The minimum atomic E-state index is 0.0221. The zero-order chi connectivity index (χ0) is 15.1. The lowest BCUT2D eigenvalue weighted by molar-refractivity contribution is 0.0705. The Kier molecular flexibility index (Phi) is 6.02. The molecule has 1 amide bonds. The Hall–Kier alpha value is -1.59. The van der Waals surface area contributed by atoms with Crippen LogP contribution in [0.4, 0.5) is 0 Å². The molecule has 2 rings (SSSR count). The molecule has 0 unspecified atom stereocenters. The molecular weight excluding hydrogens is 268 g/mol. The molecule has 1 heterocycles. The quantitative estimate of drug-likeness (QED) is 0.810. The van der Waals surface area contributed by atoms with E-state index in [9.17, 15) is 4.79 Å². The summed E-state index contributed by atoms with van der Waals surface area (Å²) in [5.41, 5.74) is 6.50. The van der Waals surface area contributed by atoms with Crippen molar-refractivity contribution in [3.8, 4) is 5.75 Å². The van der Waals surface area contributed by atoms with E-state index in [2.05, 4.69) is 0 Å². The van der Waals surface area contributed by atoms with Gasteiger partial charge in [0.05, 0.1) is 12.2 Å². The van der Waals surface area contributed by atoms with Crippen LogP contribution in [0.3, 0.4) is 0 Å². The van der Waals surface area contributed by atoms with Crippen LogP contribution in [-0.4, -0.2) is 49.8 Å². The molecule has 0 radical (unpaired) electrons. The van der Waals surface area contributed by atoms with Gasteiger partial charge in [-0.05, 0) is 31.9 Å². The molecule has 2 N–H and O–H groups in total. The predicted octanol–water partition coefficient (Wildman–Crippen LogP) is 1.67. The van der Waals surface area contributed by atoms with Gasteiger partial charge in [0.15, 0.2) is 0 Å². The number of carbonyl (C=O) groups is 1. The highest BCUT2D eigenvalue weighted by Gasteiger charge is 2.23. The fourth-order valence-electron chi connectivity index (χ4n) is 2.40. The van der Waals surface area contributed by atoms with Crippen LogP contribution in [0.25, 0.3) is 0 Å². The van der Waals surface area contributed by atoms with Gasteiger partial charge in [-0.3, -0.25) is 4.79 Å². The lowest BCUT2D eigenvalue weighted by atomic mass is 10.0. The molecule has 5 heteroatoms. The van der Waals surface area contributed by atoms with Gasteiger partial charge in [-0.15, -0.1) is 0 Å². The Morgan fingerprint density at radius 1 is 1.29 bits per heavy atom. The first kappa shape index (κ1) is 15.8. The van der Waals surface area contributed by atoms with E-state index in [0.29, 0.717) is 44.2 Å². The van der Waals surface area contributed by atoms with Crippen molar-refractivity contribution in [2.24, 2.45) is 5.73 Å². The van der Waals surface area contributed by atoms with Crippen LogP contribution < -0.4 is 10.5 Å². The monoisotopic (exact) mass is 292 g/mol. The molecule has 0 aliphatic carbocycles. The number of para-hydroxylation sites is 1. The Morgan fingerprint density at radius 3 is 2.71 bits per heavy atom. The first-order chi connectivity index (χ1) is 10.2. The van der Waals surface area contributed by atoms with Crippen molar-refractivity contribution in [2.75, 3.05) is 32.9 Å². The van der Waals surface area contributed by atoms with Crippen molar-refractivity contribution >= 4 is 5.91 Å². The van der Waals surface area contributed by atoms with Crippen molar-refractivity contribution in [1.82, 2.24) is 4.90 Å². The molecule has 0 spiro atoms. The molecule has 0 bridgehead atoms. The second-order valence-corrected chi connectivity index (χ2v) is 5.17. The molecule has 21 heavy (non-hydrogen) atoms. The van der Waals surface area contributed by atoms with E-state index in [1.165, 1.54) is 0 Å². The zero-order valence-corrected chi connectivity index (χ0v) is 12.6. The van der Waals surface area contributed by atoms with Gasteiger partial charge >= 0.3 is 0 Å². The van der Waals surface area contributed by atoms with Gasteiger partial charge in [0, 0.05) is 25.7 Å². The number of nitrogens with zero attached hydrogens (tertiary/aromatic N) is 1. The van der Waals surface area contributed by atoms with Crippen molar-refractivity contribution < 1.29 is 14.3 Å². The molecule has 5 nitrogen and oxygen atoms in total. The molecule has 0 atom stereocenters. The van der Waals surface area contributed by atoms with Crippen molar-refractivity contribution in [1.29, 1.82) is 0 Å². The van der Waals surface area contributed by atoms with Crippen LogP contribution in [0.15, 0.2) is 24.3 Å². The van der Waals surface area contributed by atoms with Gasteiger partial charge in [-0.1, -0.05) is 12.1 Å². The SMILES string of the molecule is CCOCCOc1ccccc1C(=O)N1CCC(N)CC1. The zero-order valence-electron chi connectivity index (χ0n) is 12.6. The molecule has 1 fully saturated rings. The van der Waals surface area contributed by atoms with Crippen molar-refractivity contribution in [3.63, 3.8) is 0 Å². The van der Waals surface area contributed by atoms with E-state index in [4.69, 9.17) is 15.2 Å². The summed E-state index contributed by atoms with van der Waals surface area (Å²) in [7, 11) is 0. The van der Waals surface area contributed by atoms with Crippen LogP contribution in [0.1, 0.15) is 30.1 Å². The summed E-state index contributed by atoms with van der Waals surface area (Å²) >= 11 is 0. The van der Waals surface area contributed by atoms with E-state index in [1.54, 1.807) is 0 Å². The molecule has 116 valence electrons. The molecular formula is C16H24N2O3. The number of benzene rings is 1. The van der Waals surface area contributed by atoms with Crippen LogP contribution in [0.5, 0.6) is 5.75 Å². The molecule has 1 aromatic rings. The topological polar surface area (TPSA) is 64.8 Å². The van der Waals surface area contributed by atoms with E-state index in [1.807, 2.05) is 36.1 Å². The average molecular weight is 292 g/mol. The summed E-state index contributed by atoms with van der Waals surface area (Å²) in [6.45, 7) is 5.01. The maximum absolute atomic E-state index is 12.6. The Labute approximate surface area is 126 Å². The van der Waals surface area contributed by atoms with E-state index in [0.717, 1.165) is 12.8 Å². The molecule has 0 saturated carbocycles. The maximum Gasteiger partial charge on any atom is 0.257 e. The predicted molar refractivity (Wildman–Crippen MR) is 81.5 cm³/mol. The highest BCUT2D eigenvalue weighted by atomic mass is 16.5. The van der Waals surface area contributed by atoms with Gasteiger partial charge in [-0.25, -0.2) is 0 Å². The first-order valence-corrected chi connectivity index (χ1v) is 7.56. The molecule has 1 aromatic carbocycles. The summed E-state index contributed by atoms with van der Waals surface area (Å²) in [5.74, 6) is 0.644. The highest BCUT2D eigenvalue weighted by Crippen LogP contribution is 2.21. The molecule has 1 saturated heterocycles. The van der Waals surface area contributed by atoms with Crippen LogP contribution in [0.2, 0.25) is 0 Å². The van der Waals surface area contributed by atoms with Gasteiger partial charge in [0.2, 0.25) is 0 Å². The second-order valence-electron chi connectivity index (χ2n) is 5.17. The van der Waals surface area contributed by atoms with Crippen molar-refractivity contribution in [2.45, 2.75) is 25.8 Å². The summed E-state index contributed by atoms with van der Waals surface area (Å²) in [6.07, 6.45) is 1.72. The normalized spacial score (nSPS) is 16.0. The third-order valence-corrected chi connectivity index (χ3v) is 3.63. The Morgan fingerprint density at radius 2 is 2.00 bits per heavy atom. The van der Waals surface area contributed by atoms with Crippen molar-refractivity contribution in [3.05, 3.63) is 29.8 Å². The summed E-state index contributed by atoms with van der Waals surface area (Å²) in [5, 5.41) is 0. The van der Waals surface area contributed by atoms with Crippen LogP contribution >= 0.6 is 0 Å². The number of hydrogen-bond acceptors (Lipinski definition) is 4. The number of nitrogens with two attached hydrogens (primary N) is 1. The maximum atomic E-state index is 12.6. The van der Waals surface area contributed by atoms with E-state index < -0.39 is 0 Å². The first-order valence-electron chi connectivity index (χ1n) is 7.56. The summed E-state index contributed by atoms with van der Waals surface area (Å²) in [4.78, 5) is 14.4. The third-order valence-electron chi connectivity index (χ3n) is 3.63. The fraction of sp³-hybridized carbons (Fsp3) is 0.562. The van der Waals surface area contributed by atoms with Gasteiger partial charge in [-0.2, -0.15) is 0 Å². The smallest absolute Gasteiger partial charge is 0.257 e. The average Bonchev–Trinajstić information content (AvgIpc) is 2.52. The second kappa shape index (κ2) is 8.00. The summed E-state index contributed by atoms with van der Waals surface area (Å²) < 4.78 is 10.9. The van der Waals surface area contributed by atoms with Gasteiger partial charge in [0.1, 0.15) is 12.4 Å². The number of amides is 1. The van der Waals surface area contributed by atoms with Gasteiger partial charge in [0.25, 0.3) is 5.91 Å². The number of carbonyl (C=O) groups excluding carboxylic acids is 1. The fourth-order valence-corrected chi connectivity index (χ4v) is 2.40. The largest absolute Gasteiger partial charge is 0.490 e. The number of likely N-dealkylation sites (tertiary alicyclic amines) is 1. The minimum Gasteiger partial charge on any atom is -0.490 e. The minimum absolute atomic E-state index is 0.0221. The number of hydrogen-bond donors (Lipinski definition) is 1. The highest BCUT2D eigenvalue weighted by molar-refractivity contribution is 5.97. The number of ether oxygens (including phenoxy) is 2. The Bertz CT molecular complexity index is 457. The van der Waals surface area contributed by atoms with Crippen LogP contribution in [0, 0.1) is 0 Å². The van der Waals surface area contributed by atoms with E-state index in [-0.39, 0.29) is 11.9 Å². The van der Waals surface area contributed by atoms with Gasteiger partial charge < -0.3 is 20.1 Å². The Balaban J connectivity index is 1.99. The lowest BCUT2D eigenvalue weighted by Crippen LogP contribution is -2.42. The molecule has 0 aromatic heterocycles.